The second kappa shape index (κ2) is 6.75. The normalized spacial score (nSPS) is 15.7. The summed E-state index contributed by atoms with van der Waals surface area (Å²) >= 11 is 0. The van der Waals surface area contributed by atoms with Crippen molar-refractivity contribution in [3.8, 4) is 0 Å². The number of para-hydroxylation sites is 1. The maximum Gasteiger partial charge on any atom is 0.294 e. The zero-order chi connectivity index (χ0) is 15.4. The predicted octanol–water partition coefficient (Wildman–Crippen LogP) is 3.22. The number of nitrogens with zero attached hydrogens (tertiary/aromatic N) is 2. The van der Waals surface area contributed by atoms with Crippen molar-refractivity contribution >= 4 is 11.6 Å². The Morgan fingerprint density at radius 2 is 2.05 bits per heavy atom. The molecule has 2 aromatic rings. The van der Waals surface area contributed by atoms with E-state index < -0.39 is 0 Å². The first-order valence-corrected chi connectivity index (χ1v) is 7.77. The van der Waals surface area contributed by atoms with E-state index in [1.54, 1.807) is 13.0 Å². The van der Waals surface area contributed by atoms with E-state index in [1.165, 1.54) is 19.3 Å². The van der Waals surface area contributed by atoms with E-state index in [9.17, 15) is 4.79 Å². The summed E-state index contributed by atoms with van der Waals surface area (Å²) in [5.74, 6) is -0.0167. The number of hydrogen-bond donors (Lipinski definition) is 1. The fraction of sp³-hybridized carbons (Fsp3) is 0.412. The summed E-state index contributed by atoms with van der Waals surface area (Å²) in [6, 6.07) is 9.58. The van der Waals surface area contributed by atoms with Gasteiger partial charge in [0.05, 0.1) is 5.69 Å². The van der Waals surface area contributed by atoms with Crippen molar-refractivity contribution in [3.05, 3.63) is 47.3 Å². The largest absolute Gasteiger partial charge is 0.351 e. The highest BCUT2D eigenvalue weighted by Crippen LogP contribution is 2.20. The van der Waals surface area contributed by atoms with Crippen LogP contribution >= 0.6 is 0 Å². The molecule has 5 heteroatoms. The summed E-state index contributed by atoms with van der Waals surface area (Å²) < 4.78 is 5.02. The predicted molar refractivity (Wildman–Crippen MR) is 84.8 cm³/mol. The van der Waals surface area contributed by atoms with Gasteiger partial charge in [0.15, 0.2) is 0 Å². The molecule has 116 valence electrons. The van der Waals surface area contributed by atoms with Gasteiger partial charge in [-0.1, -0.05) is 29.8 Å². The number of anilines is 1. The standard InChI is InChI=1S/C17H21N3O2/c1-13-11-16(22-19-13)17(21)18-15-8-4-3-7-14(15)12-20-9-5-2-6-10-20/h3-4,7-8,11H,2,5-6,9-10,12H2,1H3,(H,18,21). The van der Waals surface area contributed by atoms with Gasteiger partial charge in [0, 0.05) is 18.3 Å². The van der Waals surface area contributed by atoms with Gasteiger partial charge in [-0.15, -0.1) is 0 Å². The fourth-order valence-corrected chi connectivity index (χ4v) is 2.79. The van der Waals surface area contributed by atoms with Crippen molar-refractivity contribution in [2.24, 2.45) is 0 Å². The molecule has 1 aromatic heterocycles. The Morgan fingerprint density at radius 1 is 1.27 bits per heavy atom. The molecule has 1 fully saturated rings. The highest BCUT2D eigenvalue weighted by molar-refractivity contribution is 6.02. The van der Waals surface area contributed by atoms with Crippen LogP contribution in [-0.2, 0) is 6.54 Å². The molecule has 2 heterocycles. The van der Waals surface area contributed by atoms with Gasteiger partial charge in [0.25, 0.3) is 5.91 Å². The lowest BCUT2D eigenvalue weighted by molar-refractivity contribution is 0.0987. The van der Waals surface area contributed by atoms with E-state index in [-0.39, 0.29) is 11.7 Å². The average Bonchev–Trinajstić information content (AvgIpc) is 2.97. The molecule has 0 unspecified atom stereocenters. The average molecular weight is 299 g/mol. The van der Waals surface area contributed by atoms with Crippen LogP contribution in [0, 0.1) is 6.92 Å². The highest BCUT2D eigenvalue weighted by Gasteiger charge is 2.16. The van der Waals surface area contributed by atoms with E-state index >= 15 is 0 Å². The van der Waals surface area contributed by atoms with Gasteiger partial charge in [0.2, 0.25) is 5.76 Å². The molecule has 0 bridgehead atoms. The van der Waals surface area contributed by atoms with E-state index in [4.69, 9.17) is 4.52 Å². The summed E-state index contributed by atoms with van der Waals surface area (Å²) in [6.45, 7) is 4.92. The Bertz CT molecular complexity index is 645. The number of nitrogens with one attached hydrogen (secondary N) is 1. The molecule has 1 saturated heterocycles. The van der Waals surface area contributed by atoms with Gasteiger partial charge in [0.1, 0.15) is 0 Å². The molecular formula is C17H21N3O2. The van der Waals surface area contributed by atoms with Gasteiger partial charge in [-0.2, -0.15) is 0 Å². The van der Waals surface area contributed by atoms with Crippen LogP contribution in [0.4, 0.5) is 5.69 Å². The van der Waals surface area contributed by atoms with Gasteiger partial charge in [-0.05, 0) is 44.5 Å². The Hall–Kier alpha value is -2.14. The van der Waals surface area contributed by atoms with Crippen LogP contribution in [0.5, 0.6) is 0 Å². The summed E-state index contributed by atoms with van der Waals surface area (Å²) in [5, 5.41) is 6.68. The zero-order valence-electron chi connectivity index (χ0n) is 12.8. The van der Waals surface area contributed by atoms with Crippen molar-refractivity contribution in [1.82, 2.24) is 10.1 Å². The molecule has 1 N–H and O–H groups in total. The molecule has 1 aliphatic rings. The van der Waals surface area contributed by atoms with Crippen LogP contribution in [0.3, 0.4) is 0 Å². The number of carbonyl (C=O) groups is 1. The molecule has 5 nitrogen and oxygen atoms in total. The first-order valence-electron chi connectivity index (χ1n) is 7.77. The van der Waals surface area contributed by atoms with Crippen LogP contribution in [0.1, 0.15) is 41.1 Å². The summed E-state index contributed by atoms with van der Waals surface area (Å²) in [4.78, 5) is 14.7. The van der Waals surface area contributed by atoms with Crippen molar-refractivity contribution in [3.63, 3.8) is 0 Å². The molecule has 1 aromatic carbocycles. The first kappa shape index (κ1) is 14.8. The minimum atomic E-state index is -0.258. The third kappa shape index (κ3) is 3.54. The summed E-state index contributed by atoms with van der Waals surface area (Å²) in [5.41, 5.74) is 2.67. The SMILES string of the molecule is Cc1cc(C(=O)Nc2ccccc2CN2CCCCC2)on1. The lowest BCUT2D eigenvalue weighted by Gasteiger charge is -2.27. The second-order valence-corrected chi connectivity index (χ2v) is 5.78. The topological polar surface area (TPSA) is 58.4 Å². The van der Waals surface area contributed by atoms with Crippen LogP contribution in [0.25, 0.3) is 0 Å². The van der Waals surface area contributed by atoms with E-state index in [1.807, 2.05) is 18.2 Å². The van der Waals surface area contributed by atoms with Gasteiger partial charge in [-0.3, -0.25) is 9.69 Å². The minimum Gasteiger partial charge on any atom is -0.351 e. The number of carbonyl (C=O) groups excluding carboxylic acids is 1. The van der Waals surface area contributed by atoms with Gasteiger partial charge < -0.3 is 9.84 Å². The first-order chi connectivity index (χ1) is 10.7. The number of benzene rings is 1. The molecule has 0 saturated carbocycles. The van der Waals surface area contributed by atoms with Crippen molar-refractivity contribution in [2.75, 3.05) is 18.4 Å². The van der Waals surface area contributed by atoms with Gasteiger partial charge >= 0.3 is 0 Å². The van der Waals surface area contributed by atoms with E-state index in [0.717, 1.165) is 30.9 Å². The van der Waals surface area contributed by atoms with E-state index in [2.05, 4.69) is 21.4 Å². The van der Waals surface area contributed by atoms with E-state index in [0.29, 0.717) is 5.69 Å². The maximum absolute atomic E-state index is 12.2. The molecular weight excluding hydrogens is 278 g/mol. The molecule has 1 aliphatic heterocycles. The van der Waals surface area contributed by atoms with Gasteiger partial charge in [-0.25, -0.2) is 0 Å². The lowest BCUT2D eigenvalue weighted by atomic mass is 10.1. The molecule has 1 amide bonds. The maximum atomic E-state index is 12.2. The third-order valence-electron chi connectivity index (χ3n) is 3.96. The number of aryl methyl sites for hydroxylation is 1. The lowest BCUT2D eigenvalue weighted by Crippen LogP contribution is -2.29. The van der Waals surface area contributed by atoms with Crippen molar-refractivity contribution in [2.45, 2.75) is 32.7 Å². The zero-order valence-corrected chi connectivity index (χ0v) is 12.8. The molecule has 0 spiro atoms. The number of rotatable bonds is 4. The van der Waals surface area contributed by atoms with Crippen LogP contribution in [0.15, 0.2) is 34.9 Å². The molecule has 0 aliphatic carbocycles. The Balaban J connectivity index is 1.71. The number of hydrogen-bond acceptors (Lipinski definition) is 4. The Morgan fingerprint density at radius 3 is 2.77 bits per heavy atom. The highest BCUT2D eigenvalue weighted by atomic mass is 16.5. The summed E-state index contributed by atoms with van der Waals surface area (Å²) in [6.07, 6.45) is 3.83. The minimum absolute atomic E-state index is 0.241. The smallest absolute Gasteiger partial charge is 0.294 e. The molecule has 0 atom stereocenters. The quantitative estimate of drug-likeness (QED) is 0.941. The second-order valence-electron chi connectivity index (χ2n) is 5.78. The Labute approximate surface area is 130 Å². The number of likely N-dealkylation sites (tertiary alicyclic amines) is 1. The third-order valence-corrected chi connectivity index (χ3v) is 3.96. The number of amides is 1. The monoisotopic (exact) mass is 299 g/mol. The van der Waals surface area contributed by atoms with Crippen molar-refractivity contribution < 1.29 is 9.32 Å². The van der Waals surface area contributed by atoms with Crippen LogP contribution in [-0.4, -0.2) is 29.1 Å². The Kier molecular flexibility index (Phi) is 4.53. The number of piperidine rings is 1. The molecule has 3 rings (SSSR count). The molecule has 0 radical (unpaired) electrons. The number of aromatic nitrogens is 1. The van der Waals surface area contributed by atoms with Crippen molar-refractivity contribution in [1.29, 1.82) is 0 Å². The summed E-state index contributed by atoms with van der Waals surface area (Å²) in [7, 11) is 0. The van der Waals surface area contributed by atoms with Crippen LogP contribution < -0.4 is 5.32 Å². The fourth-order valence-electron chi connectivity index (χ4n) is 2.79. The van der Waals surface area contributed by atoms with Crippen LogP contribution in [0.2, 0.25) is 0 Å². The molecule has 22 heavy (non-hydrogen) atoms.